The van der Waals surface area contributed by atoms with E-state index in [-0.39, 0.29) is 12.4 Å². The maximum absolute atomic E-state index is 13.4. The lowest BCUT2D eigenvalue weighted by Crippen LogP contribution is -2.31. The Morgan fingerprint density at radius 1 is 1.07 bits per heavy atom. The third-order valence-corrected chi connectivity index (χ3v) is 5.34. The summed E-state index contributed by atoms with van der Waals surface area (Å²) in [5.41, 5.74) is 2.06. The summed E-state index contributed by atoms with van der Waals surface area (Å²) in [6.07, 6.45) is 0. The van der Waals surface area contributed by atoms with Crippen LogP contribution in [0, 0.1) is 12.7 Å². The number of rotatable bonds is 6. The van der Waals surface area contributed by atoms with E-state index >= 15 is 0 Å². The molecule has 0 amide bonds. The van der Waals surface area contributed by atoms with Crippen LogP contribution in [0.5, 0.6) is 0 Å². The number of nitrogens with two attached hydrogens (primary N) is 1. The maximum atomic E-state index is 13.4. The number of nitrogens with zero attached hydrogens (tertiary/aromatic N) is 6. The van der Waals surface area contributed by atoms with Crippen molar-refractivity contribution in [3.63, 3.8) is 0 Å². The molecule has 0 aliphatic carbocycles. The van der Waals surface area contributed by atoms with Crippen molar-refractivity contribution in [2.24, 2.45) is 0 Å². The van der Waals surface area contributed by atoms with Crippen LogP contribution in [0.2, 0.25) is 0 Å². The van der Waals surface area contributed by atoms with Gasteiger partial charge >= 0.3 is 5.69 Å². The van der Waals surface area contributed by atoms with E-state index in [9.17, 15) is 9.18 Å². The maximum Gasteiger partial charge on any atom is 0.365 e. The Bertz CT molecular complexity index is 1230. The van der Waals surface area contributed by atoms with Gasteiger partial charge in [0.2, 0.25) is 0 Å². The van der Waals surface area contributed by atoms with Gasteiger partial charge < -0.3 is 5.84 Å². The average molecular weight is 425 g/mol. The third kappa shape index (κ3) is 3.73. The van der Waals surface area contributed by atoms with Crippen LogP contribution in [0.25, 0.3) is 17.1 Å². The molecule has 2 N–H and O–H groups in total. The second-order valence-corrected chi connectivity index (χ2v) is 7.87. The highest BCUT2D eigenvalue weighted by Gasteiger charge is 2.19. The van der Waals surface area contributed by atoms with E-state index in [0.29, 0.717) is 22.5 Å². The molecule has 0 saturated carbocycles. The van der Waals surface area contributed by atoms with Gasteiger partial charge in [-0.05, 0) is 36.9 Å². The largest absolute Gasteiger partial charge is 0.365 e. The number of nitrogen functional groups attached to an aromatic ring is 1. The minimum atomic E-state index is -0.469. The molecule has 0 aliphatic heterocycles. The van der Waals surface area contributed by atoms with E-state index in [1.54, 1.807) is 16.7 Å². The van der Waals surface area contributed by atoms with Gasteiger partial charge in [-0.2, -0.15) is 4.68 Å². The molecular formula is C20H20FN7OS. The summed E-state index contributed by atoms with van der Waals surface area (Å²) >= 11 is 1.50. The van der Waals surface area contributed by atoms with Crippen LogP contribution in [0.4, 0.5) is 4.39 Å². The van der Waals surface area contributed by atoms with Crippen LogP contribution in [-0.4, -0.2) is 35.0 Å². The molecule has 0 aliphatic rings. The number of halogens is 1. The molecule has 8 nitrogen and oxygen atoms in total. The van der Waals surface area contributed by atoms with Gasteiger partial charge in [-0.15, -0.1) is 15.3 Å². The van der Waals surface area contributed by atoms with Crippen molar-refractivity contribution in [3.8, 4) is 17.1 Å². The van der Waals surface area contributed by atoms with Crippen molar-refractivity contribution >= 4 is 11.8 Å². The van der Waals surface area contributed by atoms with E-state index in [0.717, 1.165) is 21.6 Å². The van der Waals surface area contributed by atoms with Crippen LogP contribution in [0.15, 0.2) is 58.5 Å². The molecule has 2 aromatic heterocycles. The first-order valence-electron chi connectivity index (χ1n) is 9.33. The molecule has 30 heavy (non-hydrogen) atoms. The highest BCUT2D eigenvalue weighted by Crippen LogP contribution is 2.23. The standard InChI is InChI=1S/C20H20FN7OS/c1-3-30-19-24-23-17(27(19)16-10-8-15(21)9-11-16)12-26-20(29)28(22)18(25-26)14-6-4-13(2)5-7-14/h4-11H,3,12,22H2,1-2H3. The predicted molar refractivity (Wildman–Crippen MR) is 114 cm³/mol. The molecule has 0 radical (unpaired) electrons. The number of benzene rings is 2. The van der Waals surface area contributed by atoms with Crippen molar-refractivity contribution < 1.29 is 4.39 Å². The number of aromatic nitrogens is 6. The van der Waals surface area contributed by atoms with Gasteiger partial charge in [-0.3, -0.25) is 4.57 Å². The van der Waals surface area contributed by atoms with Gasteiger partial charge in [-0.1, -0.05) is 48.5 Å². The summed E-state index contributed by atoms with van der Waals surface area (Å²) in [5, 5.41) is 13.5. The minimum absolute atomic E-state index is 0.0660. The monoisotopic (exact) mass is 425 g/mol. The molecule has 0 spiro atoms. The Hall–Kier alpha value is -3.40. The summed E-state index contributed by atoms with van der Waals surface area (Å²) in [7, 11) is 0. The van der Waals surface area contributed by atoms with Gasteiger partial charge in [-0.25, -0.2) is 13.9 Å². The van der Waals surface area contributed by atoms with Crippen LogP contribution in [-0.2, 0) is 6.54 Å². The van der Waals surface area contributed by atoms with Crippen molar-refractivity contribution in [1.82, 2.24) is 29.2 Å². The highest BCUT2D eigenvalue weighted by atomic mass is 32.2. The highest BCUT2D eigenvalue weighted by molar-refractivity contribution is 7.99. The fourth-order valence-corrected chi connectivity index (χ4v) is 3.73. The minimum Gasteiger partial charge on any atom is -0.333 e. The molecular weight excluding hydrogens is 405 g/mol. The van der Waals surface area contributed by atoms with E-state index in [1.165, 1.54) is 28.6 Å². The number of hydrogen-bond acceptors (Lipinski definition) is 6. The fraction of sp³-hybridized carbons (Fsp3) is 0.200. The van der Waals surface area contributed by atoms with Gasteiger partial charge in [0.15, 0.2) is 16.8 Å². The fourth-order valence-electron chi connectivity index (χ4n) is 3.03. The summed E-state index contributed by atoms with van der Waals surface area (Å²) in [6.45, 7) is 4.05. The Balaban J connectivity index is 1.75. The Kier molecular flexibility index (Phi) is 5.40. The van der Waals surface area contributed by atoms with Crippen molar-refractivity contribution in [2.45, 2.75) is 25.5 Å². The van der Waals surface area contributed by atoms with E-state index in [2.05, 4.69) is 15.3 Å². The Labute approximate surface area is 176 Å². The lowest BCUT2D eigenvalue weighted by atomic mass is 10.1. The van der Waals surface area contributed by atoms with Gasteiger partial charge in [0, 0.05) is 11.3 Å². The molecule has 2 heterocycles. The van der Waals surface area contributed by atoms with Crippen LogP contribution in [0.1, 0.15) is 18.3 Å². The Morgan fingerprint density at radius 2 is 1.77 bits per heavy atom. The van der Waals surface area contributed by atoms with Crippen molar-refractivity contribution in [1.29, 1.82) is 0 Å². The topological polar surface area (TPSA) is 96.6 Å². The molecule has 0 bridgehead atoms. The smallest absolute Gasteiger partial charge is 0.333 e. The first kappa shape index (κ1) is 19.9. The summed E-state index contributed by atoms with van der Waals surface area (Å²) in [6, 6.07) is 13.6. The number of hydrogen-bond donors (Lipinski definition) is 1. The summed E-state index contributed by atoms with van der Waals surface area (Å²) in [5.74, 6) is 7.28. The quantitative estimate of drug-likeness (QED) is 0.377. The molecule has 0 saturated heterocycles. The second kappa shape index (κ2) is 8.15. The SMILES string of the molecule is CCSc1nnc(Cn2nc(-c3ccc(C)cc3)n(N)c2=O)n1-c1ccc(F)cc1. The van der Waals surface area contributed by atoms with E-state index < -0.39 is 5.69 Å². The normalized spacial score (nSPS) is 11.2. The van der Waals surface area contributed by atoms with Crippen LogP contribution in [0.3, 0.4) is 0 Å². The number of aryl methyl sites for hydroxylation is 1. The first-order valence-corrected chi connectivity index (χ1v) is 10.3. The lowest BCUT2D eigenvalue weighted by molar-refractivity contribution is 0.611. The third-order valence-electron chi connectivity index (χ3n) is 4.53. The van der Waals surface area contributed by atoms with Crippen LogP contribution < -0.4 is 11.5 Å². The number of thioether (sulfide) groups is 1. The molecule has 0 fully saturated rings. The van der Waals surface area contributed by atoms with Crippen molar-refractivity contribution in [2.75, 3.05) is 11.6 Å². The molecule has 10 heteroatoms. The average Bonchev–Trinajstić information content (AvgIpc) is 3.26. The zero-order valence-corrected chi connectivity index (χ0v) is 17.3. The second-order valence-electron chi connectivity index (χ2n) is 6.64. The Morgan fingerprint density at radius 3 is 2.43 bits per heavy atom. The van der Waals surface area contributed by atoms with Gasteiger partial charge in [0.25, 0.3) is 0 Å². The molecule has 4 rings (SSSR count). The van der Waals surface area contributed by atoms with E-state index in [4.69, 9.17) is 5.84 Å². The zero-order valence-electron chi connectivity index (χ0n) is 16.5. The molecule has 4 aromatic rings. The summed E-state index contributed by atoms with van der Waals surface area (Å²) in [4.78, 5) is 12.7. The summed E-state index contributed by atoms with van der Waals surface area (Å²) < 4.78 is 17.5. The predicted octanol–water partition coefficient (Wildman–Crippen LogP) is 2.61. The first-order chi connectivity index (χ1) is 14.5. The molecule has 2 aromatic carbocycles. The van der Waals surface area contributed by atoms with E-state index in [1.807, 2.05) is 38.1 Å². The molecule has 0 atom stereocenters. The van der Waals surface area contributed by atoms with Gasteiger partial charge in [0.1, 0.15) is 12.4 Å². The molecule has 154 valence electrons. The van der Waals surface area contributed by atoms with Crippen molar-refractivity contribution in [3.05, 3.63) is 76.2 Å². The van der Waals surface area contributed by atoms with Crippen LogP contribution >= 0.6 is 11.8 Å². The van der Waals surface area contributed by atoms with Gasteiger partial charge in [0.05, 0.1) is 0 Å². The molecule has 0 unspecified atom stereocenters. The zero-order chi connectivity index (χ0) is 21.3. The lowest BCUT2D eigenvalue weighted by Gasteiger charge is -2.09.